The number of carbonyl (C=O) groups excluding carboxylic acids is 3. The first-order chi connectivity index (χ1) is 13.4. The molecule has 0 radical (unpaired) electrons. The molecule has 28 heavy (non-hydrogen) atoms. The van der Waals surface area contributed by atoms with Crippen LogP contribution in [0, 0.1) is 6.92 Å². The van der Waals surface area contributed by atoms with E-state index in [1.54, 1.807) is 34.9 Å². The molecule has 4 rings (SSSR count). The Kier molecular flexibility index (Phi) is 4.37. The number of nitrogens with one attached hydrogen (secondary N) is 2. The number of benzene rings is 1. The lowest BCUT2D eigenvalue weighted by molar-refractivity contribution is -0.121. The summed E-state index contributed by atoms with van der Waals surface area (Å²) < 4.78 is 0. The molecule has 1 aromatic heterocycles. The van der Waals surface area contributed by atoms with E-state index in [-0.39, 0.29) is 37.2 Å². The maximum absolute atomic E-state index is 13.1. The Morgan fingerprint density at radius 3 is 2.86 bits per heavy atom. The van der Waals surface area contributed by atoms with Crippen molar-refractivity contribution in [2.24, 2.45) is 0 Å². The first kappa shape index (κ1) is 18.1. The summed E-state index contributed by atoms with van der Waals surface area (Å²) in [6.07, 6.45) is 1.06. The van der Waals surface area contributed by atoms with Crippen molar-refractivity contribution in [2.45, 2.75) is 45.3 Å². The van der Waals surface area contributed by atoms with E-state index in [1.165, 1.54) is 0 Å². The number of carbonyl (C=O) groups is 3. The summed E-state index contributed by atoms with van der Waals surface area (Å²) in [5, 5.41) is 9.47. The highest BCUT2D eigenvalue weighted by Crippen LogP contribution is 2.43. The van der Waals surface area contributed by atoms with E-state index < -0.39 is 5.66 Å². The van der Waals surface area contributed by atoms with E-state index >= 15 is 0 Å². The predicted molar refractivity (Wildman–Crippen MR) is 100 cm³/mol. The van der Waals surface area contributed by atoms with Crippen molar-refractivity contribution in [3.63, 3.8) is 0 Å². The van der Waals surface area contributed by atoms with E-state index in [0.717, 1.165) is 0 Å². The number of aryl methyl sites for hydroxylation is 1. The fourth-order valence-electron chi connectivity index (χ4n) is 3.99. The van der Waals surface area contributed by atoms with Gasteiger partial charge in [-0.1, -0.05) is 12.1 Å². The molecule has 1 aromatic carbocycles. The molecule has 2 aromatic rings. The zero-order valence-electron chi connectivity index (χ0n) is 15.9. The molecule has 0 bridgehead atoms. The van der Waals surface area contributed by atoms with Crippen molar-refractivity contribution in [3.8, 4) is 0 Å². The number of hydrogen-bond acceptors (Lipinski definition) is 5. The van der Waals surface area contributed by atoms with Gasteiger partial charge < -0.3 is 10.2 Å². The lowest BCUT2D eigenvalue weighted by atomic mass is 9.98. The van der Waals surface area contributed by atoms with Crippen LogP contribution in [0.15, 0.2) is 24.3 Å². The van der Waals surface area contributed by atoms with Crippen LogP contribution in [0.4, 0.5) is 5.69 Å². The Morgan fingerprint density at radius 1 is 1.32 bits per heavy atom. The summed E-state index contributed by atoms with van der Waals surface area (Å²) in [7, 11) is 0. The molecule has 0 spiro atoms. The molecule has 3 amide bonds. The Bertz CT molecular complexity index is 955. The minimum Gasteiger partial charge on any atom is -0.349 e. The zero-order valence-corrected chi connectivity index (χ0v) is 15.9. The van der Waals surface area contributed by atoms with Crippen LogP contribution >= 0.6 is 0 Å². The van der Waals surface area contributed by atoms with E-state index in [9.17, 15) is 14.4 Å². The third-order valence-electron chi connectivity index (χ3n) is 5.40. The number of rotatable bonds is 5. The lowest BCUT2D eigenvalue weighted by Gasteiger charge is -2.48. The Morgan fingerprint density at radius 2 is 2.11 bits per heavy atom. The van der Waals surface area contributed by atoms with Crippen LogP contribution in [0.5, 0.6) is 0 Å². The molecule has 2 N–H and O–H groups in total. The lowest BCUT2D eigenvalue weighted by Crippen LogP contribution is -2.62. The smallest absolute Gasteiger partial charge is 0.257 e. The second-order valence-electron chi connectivity index (χ2n) is 7.28. The minimum absolute atomic E-state index is 0.00289. The van der Waals surface area contributed by atoms with Gasteiger partial charge in [-0.2, -0.15) is 5.10 Å². The number of aromatic amines is 1. The van der Waals surface area contributed by atoms with Crippen LogP contribution in [0.1, 0.15) is 48.2 Å². The topological polar surface area (TPSA) is 111 Å². The molecule has 3 heterocycles. The van der Waals surface area contributed by atoms with Gasteiger partial charge >= 0.3 is 0 Å². The second kappa shape index (κ2) is 6.74. The van der Waals surface area contributed by atoms with Crippen LogP contribution in [0.25, 0.3) is 0 Å². The number of amides is 3. The van der Waals surface area contributed by atoms with E-state index in [4.69, 9.17) is 0 Å². The number of anilines is 1. The molecular formula is C19H22N6O3. The van der Waals surface area contributed by atoms with Gasteiger partial charge in [0.05, 0.1) is 17.8 Å². The van der Waals surface area contributed by atoms with Crippen molar-refractivity contribution in [2.75, 3.05) is 11.4 Å². The first-order valence-electron chi connectivity index (χ1n) is 9.29. The average molecular weight is 382 g/mol. The van der Waals surface area contributed by atoms with Crippen molar-refractivity contribution in [1.82, 2.24) is 25.4 Å². The van der Waals surface area contributed by atoms with Gasteiger partial charge in [0.25, 0.3) is 5.91 Å². The number of nitrogens with zero attached hydrogens (tertiary/aromatic N) is 4. The van der Waals surface area contributed by atoms with E-state index in [0.29, 0.717) is 35.7 Å². The minimum atomic E-state index is -0.746. The third-order valence-corrected chi connectivity index (χ3v) is 5.40. The SMILES string of the molecule is Cc1nc(CNC(=O)CCN2C(=O)c3ccccc3N3C(=O)CC[C@@]23C)n[nH]1. The molecule has 0 unspecified atom stereocenters. The standard InChI is InChI=1S/C19H22N6O3/c1-12-21-15(23-22-12)11-20-16(26)8-10-24-18(28)13-5-3-4-6-14(13)25-17(27)7-9-19(24,25)2/h3-6H,7-11H2,1-2H3,(H,20,26)(H,21,22,23)/t19-/m0/s1. The maximum atomic E-state index is 13.1. The van der Waals surface area contributed by atoms with Gasteiger partial charge in [-0.25, -0.2) is 4.98 Å². The quantitative estimate of drug-likeness (QED) is 0.805. The largest absolute Gasteiger partial charge is 0.349 e. The molecule has 1 fully saturated rings. The molecule has 2 aliphatic rings. The summed E-state index contributed by atoms with van der Waals surface area (Å²) in [6.45, 7) is 4.13. The molecule has 146 valence electrons. The Balaban J connectivity index is 1.48. The molecule has 0 saturated carbocycles. The van der Waals surface area contributed by atoms with Gasteiger partial charge in [-0.3, -0.25) is 24.4 Å². The third kappa shape index (κ3) is 2.92. The number of para-hydroxylation sites is 1. The van der Waals surface area contributed by atoms with Crippen molar-refractivity contribution in [3.05, 3.63) is 41.5 Å². The molecular weight excluding hydrogens is 360 g/mol. The molecule has 1 saturated heterocycles. The number of hydrogen-bond donors (Lipinski definition) is 2. The van der Waals surface area contributed by atoms with Gasteiger partial charge in [0.15, 0.2) is 5.82 Å². The molecule has 0 aliphatic carbocycles. The maximum Gasteiger partial charge on any atom is 0.257 e. The summed E-state index contributed by atoms with van der Waals surface area (Å²) in [4.78, 5) is 45.4. The summed E-state index contributed by atoms with van der Waals surface area (Å²) in [5.41, 5.74) is 0.397. The molecule has 2 aliphatic heterocycles. The van der Waals surface area contributed by atoms with Crippen molar-refractivity contribution < 1.29 is 14.4 Å². The predicted octanol–water partition coefficient (Wildman–Crippen LogP) is 1.12. The van der Waals surface area contributed by atoms with Gasteiger partial charge in [0, 0.05) is 19.4 Å². The summed E-state index contributed by atoms with van der Waals surface area (Å²) >= 11 is 0. The van der Waals surface area contributed by atoms with Gasteiger partial charge in [-0.15, -0.1) is 0 Å². The molecule has 1 atom stereocenters. The van der Waals surface area contributed by atoms with Gasteiger partial charge in [0.2, 0.25) is 11.8 Å². The monoisotopic (exact) mass is 382 g/mol. The number of aromatic nitrogens is 3. The molecule has 9 nitrogen and oxygen atoms in total. The fraction of sp³-hybridized carbons (Fsp3) is 0.421. The Labute approximate surface area is 162 Å². The highest BCUT2D eigenvalue weighted by molar-refractivity contribution is 6.10. The van der Waals surface area contributed by atoms with Gasteiger partial charge in [-0.05, 0) is 32.4 Å². The van der Waals surface area contributed by atoms with E-state index in [1.807, 2.05) is 13.0 Å². The highest BCUT2D eigenvalue weighted by atomic mass is 16.2. The highest BCUT2D eigenvalue weighted by Gasteiger charge is 2.52. The zero-order chi connectivity index (χ0) is 19.9. The van der Waals surface area contributed by atoms with Crippen molar-refractivity contribution in [1.29, 1.82) is 0 Å². The van der Waals surface area contributed by atoms with Crippen molar-refractivity contribution >= 4 is 23.4 Å². The van der Waals surface area contributed by atoms with E-state index in [2.05, 4.69) is 20.5 Å². The Hall–Kier alpha value is -3.23. The normalized spacial score (nSPS) is 20.9. The van der Waals surface area contributed by atoms with Crippen LogP contribution in [0.3, 0.4) is 0 Å². The number of H-pyrrole nitrogens is 1. The second-order valence-corrected chi connectivity index (χ2v) is 7.28. The average Bonchev–Trinajstić information content (AvgIpc) is 3.23. The fourth-order valence-corrected chi connectivity index (χ4v) is 3.99. The van der Waals surface area contributed by atoms with Crippen LogP contribution in [-0.4, -0.2) is 50.0 Å². The van der Waals surface area contributed by atoms with Crippen LogP contribution in [-0.2, 0) is 16.1 Å². The first-order valence-corrected chi connectivity index (χ1v) is 9.29. The molecule has 9 heteroatoms. The summed E-state index contributed by atoms with van der Waals surface area (Å²) in [5.74, 6) is 0.834. The summed E-state index contributed by atoms with van der Waals surface area (Å²) in [6, 6.07) is 7.13. The van der Waals surface area contributed by atoms with Crippen LogP contribution in [0.2, 0.25) is 0 Å². The van der Waals surface area contributed by atoms with Crippen LogP contribution < -0.4 is 10.2 Å². The van der Waals surface area contributed by atoms with Gasteiger partial charge in [0.1, 0.15) is 11.5 Å². The number of fused-ring (bicyclic) bond motifs is 3.